The summed E-state index contributed by atoms with van der Waals surface area (Å²) < 4.78 is 42.2. The lowest BCUT2D eigenvalue weighted by atomic mass is 9.85. The molecule has 4 atom stereocenters. The third-order valence-electron chi connectivity index (χ3n) is 10.9. The Hall–Kier alpha value is -3.65. The summed E-state index contributed by atoms with van der Waals surface area (Å²) in [5, 5.41) is 6.09. The summed E-state index contributed by atoms with van der Waals surface area (Å²) in [5.41, 5.74) is 9.55. The van der Waals surface area contributed by atoms with Crippen molar-refractivity contribution >= 4 is 11.7 Å². The number of halogens is 3. The van der Waals surface area contributed by atoms with Gasteiger partial charge in [0.2, 0.25) is 5.91 Å². The Bertz CT molecular complexity index is 1630. The molecule has 0 radical (unpaired) electrons. The maximum absolute atomic E-state index is 12.7. The van der Waals surface area contributed by atoms with Crippen LogP contribution in [-0.4, -0.2) is 23.6 Å². The molecule has 306 valence electrons. The largest absolute Gasteiger partial charge is 0.573 e. The number of alkyl halides is 3. The first kappa shape index (κ1) is 47.5. The fourth-order valence-electron chi connectivity index (χ4n) is 7.33. The highest BCUT2D eigenvalue weighted by Crippen LogP contribution is 2.37. The number of ether oxygens (including phenoxy) is 1. The van der Waals surface area contributed by atoms with Gasteiger partial charge >= 0.3 is 6.36 Å². The second kappa shape index (κ2) is 22.8. The maximum Gasteiger partial charge on any atom is 0.573 e. The Morgan fingerprint density at radius 1 is 0.855 bits per heavy atom. The number of amides is 1. The highest BCUT2D eigenvalue weighted by molar-refractivity contribution is 5.89. The van der Waals surface area contributed by atoms with Crippen LogP contribution in [0, 0.1) is 26.7 Å². The molecule has 5 nitrogen and oxygen atoms in total. The van der Waals surface area contributed by atoms with Gasteiger partial charge in [0, 0.05) is 12.0 Å². The Balaban J connectivity index is 0.000000322. The van der Waals surface area contributed by atoms with Crippen LogP contribution in [0.5, 0.6) is 5.75 Å². The molecule has 4 rings (SSSR count). The zero-order chi connectivity index (χ0) is 41.3. The molecule has 1 aliphatic heterocycles. The molecule has 3 aromatic carbocycles. The summed E-state index contributed by atoms with van der Waals surface area (Å²) >= 11 is 0. The van der Waals surface area contributed by atoms with Gasteiger partial charge in [-0.2, -0.15) is 0 Å². The number of hydrogen-bond acceptors (Lipinski definition) is 4. The van der Waals surface area contributed by atoms with Crippen molar-refractivity contribution in [3.8, 4) is 16.9 Å². The zero-order valence-electron chi connectivity index (χ0n) is 35.6. The minimum atomic E-state index is -4.78. The van der Waals surface area contributed by atoms with Crippen LogP contribution in [0.1, 0.15) is 165 Å². The van der Waals surface area contributed by atoms with Crippen LogP contribution in [0.4, 0.5) is 13.2 Å². The number of Topliss-reactive ketones (excluding diaryl/α,β-unsaturated/α-hetero) is 1. The summed E-state index contributed by atoms with van der Waals surface area (Å²) in [6.45, 7) is 23.6. The highest BCUT2D eigenvalue weighted by atomic mass is 19.4. The van der Waals surface area contributed by atoms with E-state index in [2.05, 4.69) is 108 Å². The lowest BCUT2D eigenvalue weighted by Crippen LogP contribution is -2.46. The fraction of sp³-hybridized carbons (Fsp3) is 0.574. The first-order chi connectivity index (χ1) is 26.0. The van der Waals surface area contributed by atoms with Crippen molar-refractivity contribution in [3.63, 3.8) is 0 Å². The number of aryl methyl sites for hydroxylation is 3. The average Bonchev–Trinajstić information content (AvgIpc) is 3.45. The molecule has 0 bridgehead atoms. The number of hydrogen-bond donors (Lipinski definition) is 2. The summed E-state index contributed by atoms with van der Waals surface area (Å²) in [7, 11) is 0. The van der Waals surface area contributed by atoms with Gasteiger partial charge in [-0.25, -0.2) is 0 Å². The molecule has 1 heterocycles. The van der Waals surface area contributed by atoms with E-state index >= 15 is 0 Å². The molecule has 0 aromatic heterocycles. The molecule has 1 amide bonds. The van der Waals surface area contributed by atoms with E-state index in [1.807, 2.05) is 6.92 Å². The molecule has 1 aliphatic rings. The molecule has 0 saturated carbocycles. The van der Waals surface area contributed by atoms with Crippen molar-refractivity contribution in [3.05, 3.63) is 88.0 Å². The minimum absolute atomic E-state index is 0.158. The van der Waals surface area contributed by atoms with Crippen molar-refractivity contribution in [2.24, 2.45) is 5.92 Å². The van der Waals surface area contributed by atoms with Crippen molar-refractivity contribution in [1.29, 1.82) is 0 Å². The lowest BCUT2D eigenvalue weighted by Gasteiger charge is -2.28. The second-order valence-electron chi connectivity index (χ2n) is 15.5. The van der Waals surface area contributed by atoms with Gasteiger partial charge in [0.15, 0.2) is 0 Å². The van der Waals surface area contributed by atoms with Gasteiger partial charge in [0.25, 0.3) is 0 Å². The summed E-state index contributed by atoms with van der Waals surface area (Å²) in [4.78, 5) is 23.0. The van der Waals surface area contributed by atoms with E-state index in [0.717, 1.165) is 38.5 Å². The number of unbranched alkanes of at least 4 members (excludes halogenated alkanes) is 2. The summed E-state index contributed by atoms with van der Waals surface area (Å²) in [6.07, 6.45) is 5.03. The number of rotatable bonds is 16. The molecule has 4 unspecified atom stereocenters. The van der Waals surface area contributed by atoms with Crippen LogP contribution in [-0.2, 0) is 16.0 Å². The van der Waals surface area contributed by atoms with Gasteiger partial charge < -0.3 is 14.8 Å². The third kappa shape index (κ3) is 14.4. The van der Waals surface area contributed by atoms with E-state index in [9.17, 15) is 22.8 Å². The Kier molecular flexibility index (Phi) is 19.7. The van der Waals surface area contributed by atoms with Crippen LogP contribution >= 0.6 is 0 Å². The fourth-order valence-corrected chi connectivity index (χ4v) is 7.33. The molecule has 0 spiro atoms. The zero-order valence-corrected chi connectivity index (χ0v) is 35.6. The molecule has 3 aromatic rings. The van der Waals surface area contributed by atoms with Crippen LogP contribution in [0.2, 0.25) is 0 Å². The van der Waals surface area contributed by atoms with E-state index in [4.69, 9.17) is 0 Å². The van der Waals surface area contributed by atoms with Crippen molar-refractivity contribution in [2.45, 2.75) is 171 Å². The number of nitrogens with one attached hydrogen (secondary N) is 2. The highest BCUT2D eigenvalue weighted by Gasteiger charge is 2.46. The monoisotopic (exact) mass is 767 g/mol. The smallest absolute Gasteiger partial charge is 0.405 e. The first-order valence-corrected chi connectivity index (χ1v) is 20.6. The normalized spacial score (nSPS) is 17.6. The molecular weight excluding hydrogens is 698 g/mol. The Morgan fingerprint density at radius 3 is 2.05 bits per heavy atom. The van der Waals surface area contributed by atoms with Gasteiger partial charge in [-0.3, -0.25) is 10.1 Å². The SMILES string of the molecule is CCCC1(CCC(C)CC)NC(c2ccccc2OC(F)(F)F)NC1=O.CCCCCC(C)=O.CCc1c(C)cccc1-c1c(C)cc(C(C)CC)cc1C. The quantitative estimate of drug-likeness (QED) is 0.143. The molecular formula is C47H69F3N2O3. The third-order valence-corrected chi connectivity index (χ3v) is 10.9. The first-order valence-electron chi connectivity index (χ1n) is 20.6. The number of para-hydroxylation sites is 1. The van der Waals surface area contributed by atoms with Gasteiger partial charge in [0.1, 0.15) is 17.7 Å². The van der Waals surface area contributed by atoms with Crippen LogP contribution < -0.4 is 15.4 Å². The van der Waals surface area contributed by atoms with Crippen LogP contribution in [0.25, 0.3) is 11.1 Å². The molecule has 0 aliphatic carbocycles. The Labute approximate surface area is 330 Å². The van der Waals surface area contributed by atoms with E-state index in [1.54, 1.807) is 13.0 Å². The topological polar surface area (TPSA) is 67.4 Å². The summed E-state index contributed by atoms with van der Waals surface area (Å²) in [6, 6.07) is 17.4. The van der Waals surface area contributed by atoms with Crippen molar-refractivity contribution in [1.82, 2.24) is 10.6 Å². The van der Waals surface area contributed by atoms with Gasteiger partial charge in [-0.05, 0) is 123 Å². The number of carbonyl (C=O) groups excluding carboxylic acids is 2. The van der Waals surface area contributed by atoms with E-state index in [-0.39, 0.29) is 17.2 Å². The van der Waals surface area contributed by atoms with Gasteiger partial charge in [0.05, 0.1) is 5.54 Å². The molecule has 55 heavy (non-hydrogen) atoms. The minimum Gasteiger partial charge on any atom is -0.405 e. The molecule has 1 saturated heterocycles. The number of ketones is 1. The van der Waals surface area contributed by atoms with Crippen molar-refractivity contribution < 1.29 is 27.5 Å². The average molecular weight is 767 g/mol. The predicted octanol–water partition coefficient (Wildman–Crippen LogP) is 13.2. The van der Waals surface area contributed by atoms with Gasteiger partial charge in [-0.1, -0.05) is 123 Å². The van der Waals surface area contributed by atoms with Crippen LogP contribution in [0.15, 0.2) is 54.6 Å². The summed E-state index contributed by atoms with van der Waals surface area (Å²) in [5.74, 6) is 0.984. The number of carbonyl (C=O) groups is 2. The lowest BCUT2D eigenvalue weighted by molar-refractivity contribution is -0.275. The standard InChI is InChI=1S/C21H28.C19H27F3N2O2.C7H14O/c1-7-14(3)18-12-16(5)21(17(6)13-18)20-11-9-10-15(4)19(20)8-2;1-4-11-18(12-10-13(3)5-2)17(25)23-16(24-18)14-8-6-7-9-15(14)26-19(20,21)22;1-3-4-5-6-7(2)8/h9-14H,7-8H2,1-6H3;6-9,13,16,24H,4-5,10-12H2,1-3H3,(H,23,25);3-6H2,1-2H3. The molecule has 8 heteroatoms. The van der Waals surface area contributed by atoms with Crippen molar-refractivity contribution in [2.75, 3.05) is 0 Å². The molecule has 1 fully saturated rings. The van der Waals surface area contributed by atoms with E-state index in [1.165, 1.54) is 76.4 Å². The maximum atomic E-state index is 12.7. The predicted molar refractivity (Wildman–Crippen MR) is 222 cm³/mol. The van der Waals surface area contributed by atoms with Gasteiger partial charge in [-0.15, -0.1) is 13.2 Å². The van der Waals surface area contributed by atoms with E-state index in [0.29, 0.717) is 30.5 Å². The Morgan fingerprint density at radius 2 is 1.51 bits per heavy atom. The van der Waals surface area contributed by atoms with Crippen LogP contribution in [0.3, 0.4) is 0 Å². The molecule has 2 N–H and O–H groups in total. The second-order valence-corrected chi connectivity index (χ2v) is 15.5. The van der Waals surface area contributed by atoms with E-state index < -0.39 is 18.1 Å². The number of benzene rings is 3.